The third-order valence-corrected chi connectivity index (χ3v) is 3.94. The van der Waals surface area contributed by atoms with Gasteiger partial charge in [-0.25, -0.2) is 13.1 Å². The number of hydrogen-bond acceptors (Lipinski definition) is 6. The van der Waals surface area contributed by atoms with E-state index in [2.05, 4.69) is 15.2 Å². The first kappa shape index (κ1) is 17.6. The maximum atomic E-state index is 12.0. The van der Waals surface area contributed by atoms with E-state index in [9.17, 15) is 8.42 Å². The molecule has 0 atom stereocenters. The van der Waals surface area contributed by atoms with E-state index in [-0.39, 0.29) is 16.5 Å². The monoisotopic (exact) mass is 322 g/mol. The lowest BCUT2D eigenvalue weighted by atomic mass is 10.2. The summed E-state index contributed by atoms with van der Waals surface area (Å²) >= 11 is 0. The first-order valence-corrected chi connectivity index (χ1v) is 7.92. The van der Waals surface area contributed by atoms with Crippen molar-refractivity contribution in [2.24, 2.45) is 16.8 Å². The largest absolute Gasteiger partial charge is 0.382 e. The Morgan fingerprint density at radius 1 is 1.41 bits per heavy atom. The molecule has 0 bridgehead atoms. The summed E-state index contributed by atoms with van der Waals surface area (Å²) in [5.41, 5.74) is 7.90. The zero-order valence-corrected chi connectivity index (χ0v) is 13.1. The number of hydrogen-bond donors (Lipinski definition) is 4. The summed E-state index contributed by atoms with van der Waals surface area (Å²) < 4.78 is 26.5. The Labute approximate surface area is 129 Å². The molecule has 5 N–H and O–H groups in total. The van der Waals surface area contributed by atoms with E-state index in [1.807, 2.05) is 13.8 Å². The summed E-state index contributed by atoms with van der Waals surface area (Å²) in [6, 6.07) is 7.51. The number of sulfonamides is 1. The zero-order chi connectivity index (χ0) is 16.8. The molecule has 0 saturated heterocycles. The molecule has 0 radical (unpaired) electrons. The highest BCUT2D eigenvalue weighted by Crippen LogP contribution is 2.14. The predicted octanol–water partition coefficient (Wildman–Crippen LogP) is 0.848. The van der Waals surface area contributed by atoms with Crippen molar-refractivity contribution in [2.45, 2.75) is 18.7 Å². The molecule has 22 heavy (non-hydrogen) atoms. The number of amidine groups is 1. The summed E-state index contributed by atoms with van der Waals surface area (Å²) in [5, 5.41) is 19.5. The first-order chi connectivity index (χ1) is 10.3. The molecule has 0 spiro atoms. The summed E-state index contributed by atoms with van der Waals surface area (Å²) in [5.74, 6) is -0.242. The fourth-order valence-electron chi connectivity index (χ4n) is 1.33. The molecule has 0 aliphatic heterocycles. The molecule has 8 nitrogen and oxygen atoms in total. The molecular formula is C13H18N6O2S. The first-order valence-electron chi connectivity index (χ1n) is 6.44. The minimum absolute atomic E-state index is 0.134. The van der Waals surface area contributed by atoms with Crippen molar-refractivity contribution in [1.29, 1.82) is 10.7 Å². The van der Waals surface area contributed by atoms with E-state index >= 15 is 0 Å². The van der Waals surface area contributed by atoms with Crippen LogP contribution in [0.3, 0.4) is 0 Å². The Kier molecular flexibility index (Phi) is 6.03. The Morgan fingerprint density at radius 2 is 2.00 bits per heavy atom. The Balaban J connectivity index is 2.83. The number of nitrogens with two attached hydrogens (primary N) is 1. The van der Waals surface area contributed by atoms with Crippen molar-refractivity contribution < 1.29 is 8.42 Å². The number of nitriles is 1. The second kappa shape index (κ2) is 7.53. The van der Waals surface area contributed by atoms with Gasteiger partial charge in [0.1, 0.15) is 6.07 Å². The summed E-state index contributed by atoms with van der Waals surface area (Å²) in [7, 11) is -3.54. The second-order valence-corrected chi connectivity index (χ2v) is 6.63. The average Bonchev–Trinajstić information content (AvgIpc) is 2.46. The van der Waals surface area contributed by atoms with Crippen LogP contribution in [0.2, 0.25) is 0 Å². The SMILES string of the molecule is CC(C)CNS(=O)(=O)c1ccc(N/N=C(\C#N)C(=N)N)cc1. The molecule has 0 aliphatic rings. The lowest BCUT2D eigenvalue weighted by molar-refractivity contribution is 0.560. The van der Waals surface area contributed by atoms with Gasteiger partial charge in [0.15, 0.2) is 5.84 Å². The third kappa shape index (κ3) is 5.16. The number of hydrazone groups is 1. The van der Waals surface area contributed by atoms with Crippen LogP contribution < -0.4 is 15.9 Å². The fourth-order valence-corrected chi connectivity index (χ4v) is 2.55. The molecular weight excluding hydrogens is 304 g/mol. The van der Waals surface area contributed by atoms with Crippen molar-refractivity contribution in [3.8, 4) is 6.07 Å². The van der Waals surface area contributed by atoms with Crippen molar-refractivity contribution in [2.75, 3.05) is 12.0 Å². The second-order valence-electron chi connectivity index (χ2n) is 4.87. The van der Waals surface area contributed by atoms with E-state index in [1.165, 1.54) is 24.3 Å². The molecule has 0 saturated carbocycles. The van der Waals surface area contributed by atoms with Crippen LogP contribution in [0.25, 0.3) is 0 Å². The van der Waals surface area contributed by atoms with Crippen LogP contribution in [0.15, 0.2) is 34.3 Å². The van der Waals surface area contributed by atoms with Crippen molar-refractivity contribution in [3.05, 3.63) is 24.3 Å². The number of nitrogens with one attached hydrogen (secondary N) is 3. The van der Waals surface area contributed by atoms with Gasteiger partial charge in [0.25, 0.3) is 0 Å². The molecule has 0 aromatic heterocycles. The van der Waals surface area contributed by atoms with Crippen molar-refractivity contribution in [1.82, 2.24) is 4.72 Å². The van der Waals surface area contributed by atoms with Crippen LogP contribution in [0.4, 0.5) is 5.69 Å². The molecule has 0 aliphatic carbocycles. The lowest BCUT2D eigenvalue weighted by Gasteiger charge is -2.09. The molecule has 0 amide bonds. The summed E-state index contributed by atoms with van der Waals surface area (Å²) in [4.78, 5) is 0.134. The van der Waals surface area contributed by atoms with E-state index in [4.69, 9.17) is 16.4 Å². The van der Waals surface area contributed by atoms with Gasteiger partial charge in [-0.05, 0) is 30.2 Å². The maximum Gasteiger partial charge on any atom is 0.240 e. The van der Waals surface area contributed by atoms with Crippen LogP contribution in [-0.2, 0) is 10.0 Å². The Morgan fingerprint density at radius 3 is 2.45 bits per heavy atom. The van der Waals surface area contributed by atoms with Crippen molar-refractivity contribution >= 4 is 27.3 Å². The molecule has 9 heteroatoms. The number of anilines is 1. The van der Waals surface area contributed by atoms with E-state index in [1.54, 1.807) is 6.07 Å². The van der Waals surface area contributed by atoms with Gasteiger partial charge in [-0.2, -0.15) is 10.4 Å². The number of nitrogens with zero attached hydrogens (tertiary/aromatic N) is 2. The Bertz CT molecular complexity index is 701. The quantitative estimate of drug-likeness (QED) is 0.334. The van der Waals surface area contributed by atoms with Crippen LogP contribution in [0.1, 0.15) is 13.8 Å². The average molecular weight is 322 g/mol. The van der Waals surface area contributed by atoms with Gasteiger partial charge in [-0.1, -0.05) is 13.8 Å². The van der Waals surface area contributed by atoms with Gasteiger partial charge in [-0.3, -0.25) is 10.8 Å². The van der Waals surface area contributed by atoms with E-state index < -0.39 is 15.9 Å². The highest BCUT2D eigenvalue weighted by atomic mass is 32.2. The van der Waals surface area contributed by atoms with Gasteiger partial charge in [0.2, 0.25) is 15.7 Å². The molecule has 1 aromatic rings. The Hall–Kier alpha value is -2.44. The van der Waals surface area contributed by atoms with Crippen LogP contribution in [0.5, 0.6) is 0 Å². The topological polar surface area (TPSA) is 144 Å². The lowest BCUT2D eigenvalue weighted by Crippen LogP contribution is -2.27. The van der Waals surface area contributed by atoms with E-state index in [0.717, 1.165) is 0 Å². The minimum atomic E-state index is -3.54. The van der Waals surface area contributed by atoms with Crippen molar-refractivity contribution in [3.63, 3.8) is 0 Å². The van der Waals surface area contributed by atoms with Crippen LogP contribution in [0, 0.1) is 22.7 Å². The molecule has 0 unspecified atom stereocenters. The molecule has 0 heterocycles. The summed E-state index contributed by atoms with van der Waals surface area (Å²) in [6.45, 7) is 4.18. The van der Waals surface area contributed by atoms with Gasteiger partial charge < -0.3 is 5.73 Å². The van der Waals surface area contributed by atoms with Crippen LogP contribution in [-0.4, -0.2) is 26.5 Å². The van der Waals surface area contributed by atoms with Crippen LogP contribution >= 0.6 is 0 Å². The predicted molar refractivity (Wildman–Crippen MR) is 85.1 cm³/mol. The minimum Gasteiger partial charge on any atom is -0.382 e. The smallest absolute Gasteiger partial charge is 0.240 e. The normalized spacial score (nSPS) is 12.0. The highest BCUT2D eigenvalue weighted by Gasteiger charge is 2.13. The highest BCUT2D eigenvalue weighted by molar-refractivity contribution is 7.89. The molecule has 0 fully saturated rings. The summed E-state index contributed by atoms with van der Waals surface area (Å²) in [6.07, 6.45) is 0. The fraction of sp³-hybridized carbons (Fsp3) is 0.308. The van der Waals surface area contributed by atoms with Gasteiger partial charge in [0.05, 0.1) is 10.6 Å². The maximum absolute atomic E-state index is 12.0. The standard InChI is InChI=1S/C13H18N6O2S/c1-9(2)8-17-22(20,21)11-5-3-10(4-6-11)18-19-12(7-14)13(15)16/h3-6,9,17-18H,8H2,1-2H3,(H3,15,16)/b19-12+. The van der Waals surface area contributed by atoms with E-state index in [0.29, 0.717) is 12.2 Å². The zero-order valence-electron chi connectivity index (χ0n) is 12.3. The number of rotatable bonds is 7. The van der Waals surface area contributed by atoms with Gasteiger partial charge >= 0.3 is 0 Å². The number of benzene rings is 1. The van der Waals surface area contributed by atoms with Gasteiger partial charge in [0, 0.05) is 6.54 Å². The molecule has 1 aromatic carbocycles. The molecule has 118 valence electrons. The molecule has 1 rings (SSSR count). The van der Waals surface area contributed by atoms with Gasteiger partial charge in [-0.15, -0.1) is 0 Å². The third-order valence-electron chi connectivity index (χ3n) is 2.50.